The first-order valence-corrected chi connectivity index (χ1v) is 17.8. The van der Waals surface area contributed by atoms with Crippen molar-refractivity contribution in [2.24, 2.45) is 0 Å². The zero-order valence-electron chi connectivity index (χ0n) is 29.0. The van der Waals surface area contributed by atoms with Gasteiger partial charge in [-0.15, -0.1) is 0 Å². The molecule has 0 amide bonds. The lowest BCUT2D eigenvalue weighted by Gasteiger charge is -2.24. The van der Waals surface area contributed by atoms with Crippen LogP contribution < -0.4 is 0 Å². The molecule has 0 saturated heterocycles. The molecule has 10 rings (SSSR count). The highest BCUT2D eigenvalue weighted by atomic mass is 14.5. The molecule has 0 heteroatoms. The summed E-state index contributed by atoms with van der Waals surface area (Å²) in [4.78, 5) is 0. The van der Waals surface area contributed by atoms with Crippen LogP contribution in [0.5, 0.6) is 0 Å². The molecular weight excluding hydrogens is 601 g/mol. The van der Waals surface area contributed by atoms with Crippen LogP contribution in [0, 0.1) is 0 Å². The molecule has 8 aromatic carbocycles. The third-order valence-corrected chi connectivity index (χ3v) is 11.8. The van der Waals surface area contributed by atoms with E-state index in [0.29, 0.717) is 0 Å². The second kappa shape index (κ2) is 10.4. The molecule has 238 valence electrons. The molecule has 0 radical (unpaired) electrons. The van der Waals surface area contributed by atoms with Gasteiger partial charge in [0.2, 0.25) is 0 Å². The van der Waals surface area contributed by atoms with Crippen molar-refractivity contribution >= 4 is 21.5 Å². The molecule has 0 unspecified atom stereocenters. The van der Waals surface area contributed by atoms with E-state index in [0.717, 1.165) is 0 Å². The first-order chi connectivity index (χ1) is 24.3. The van der Waals surface area contributed by atoms with E-state index in [2.05, 4.69) is 185 Å². The largest absolute Gasteiger partial charge is 0.0622 e. The fraction of sp³-hybridized carbons (Fsp3) is 0.120. The smallest absolute Gasteiger partial charge is 0.0159 e. The highest BCUT2D eigenvalue weighted by Gasteiger charge is 2.43. The molecular formula is C50H38. The molecule has 0 saturated carbocycles. The van der Waals surface area contributed by atoms with Crippen molar-refractivity contribution in [3.8, 4) is 55.6 Å². The molecule has 0 bridgehead atoms. The number of hydrogen-bond donors (Lipinski definition) is 0. The Morgan fingerprint density at radius 1 is 0.300 bits per heavy atom. The molecule has 0 spiro atoms. The molecule has 0 N–H and O–H groups in total. The second-order valence-corrected chi connectivity index (χ2v) is 15.4. The van der Waals surface area contributed by atoms with Gasteiger partial charge >= 0.3 is 0 Å². The first-order valence-electron chi connectivity index (χ1n) is 17.8. The minimum atomic E-state index is -0.112. The summed E-state index contributed by atoms with van der Waals surface area (Å²) in [5, 5.41) is 5.06. The summed E-state index contributed by atoms with van der Waals surface area (Å²) in [7, 11) is 0. The van der Waals surface area contributed by atoms with E-state index < -0.39 is 0 Å². The summed E-state index contributed by atoms with van der Waals surface area (Å²) >= 11 is 0. The Bertz CT molecular complexity index is 2690. The molecule has 2 aliphatic rings. The van der Waals surface area contributed by atoms with Gasteiger partial charge in [0.1, 0.15) is 0 Å². The van der Waals surface area contributed by atoms with Gasteiger partial charge in [-0.05, 0) is 130 Å². The molecule has 0 aliphatic heterocycles. The van der Waals surface area contributed by atoms with E-state index >= 15 is 0 Å². The van der Waals surface area contributed by atoms with Gasteiger partial charge in [0.25, 0.3) is 0 Å². The van der Waals surface area contributed by atoms with Crippen LogP contribution >= 0.6 is 0 Å². The lowest BCUT2D eigenvalue weighted by atomic mass is 9.79. The van der Waals surface area contributed by atoms with Crippen LogP contribution in [0.25, 0.3) is 77.2 Å². The van der Waals surface area contributed by atoms with Crippen molar-refractivity contribution in [2.75, 3.05) is 0 Å². The minimum absolute atomic E-state index is 0.0149. The summed E-state index contributed by atoms with van der Waals surface area (Å²) in [5.41, 5.74) is 18.7. The molecule has 0 aromatic heterocycles. The van der Waals surface area contributed by atoms with E-state index in [1.807, 2.05) is 0 Å². The summed E-state index contributed by atoms with van der Waals surface area (Å²) < 4.78 is 0. The van der Waals surface area contributed by atoms with Crippen LogP contribution in [0.4, 0.5) is 0 Å². The second-order valence-electron chi connectivity index (χ2n) is 15.4. The number of fused-ring (bicyclic) bond motifs is 9. The molecule has 50 heavy (non-hydrogen) atoms. The van der Waals surface area contributed by atoms with Crippen LogP contribution in [-0.2, 0) is 10.8 Å². The first kappa shape index (κ1) is 29.2. The van der Waals surface area contributed by atoms with Crippen LogP contribution in [0.1, 0.15) is 49.9 Å². The Morgan fingerprint density at radius 3 is 1.64 bits per heavy atom. The third kappa shape index (κ3) is 4.12. The van der Waals surface area contributed by atoms with Crippen LogP contribution in [0.2, 0.25) is 0 Å². The van der Waals surface area contributed by atoms with Crippen LogP contribution in [0.3, 0.4) is 0 Å². The van der Waals surface area contributed by atoms with Crippen molar-refractivity contribution < 1.29 is 0 Å². The predicted octanol–water partition coefficient (Wildman–Crippen LogP) is 13.6. The van der Waals surface area contributed by atoms with Gasteiger partial charge in [-0.3, -0.25) is 0 Å². The molecule has 0 atom stereocenters. The fourth-order valence-electron chi connectivity index (χ4n) is 9.14. The maximum absolute atomic E-state index is 2.49. The van der Waals surface area contributed by atoms with E-state index in [1.165, 1.54) is 99.4 Å². The van der Waals surface area contributed by atoms with Gasteiger partial charge in [-0.2, -0.15) is 0 Å². The average Bonchev–Trinajstić information content (AvgIpc) is 3.53. The Kier molecular flexibility index (Phi) is 6.07. The van der Waals surface area contributed by atoms with E-state index in [4.69, 9.17) is 0 Å². The normalized spacial score (nSPS) is 14.7. The van der Waals surface area contributed by atoms with Crippen LogP contribution in [-0.4, -0.2) is 0 Å². The van der Waals surface area contributed by atoms with Gasteiger partial charge < -0.3 is 0 Å². The maximum Gasteiger partial charge on any atom is 0.0159 e. The Hall–Kier alpha value is -5.72. The lowest BCUT2D eigenvalue weighted by molar-refractivity contribution is 0.651. The number of hydrogen-bond acceptors (Lipinski definition) is 0. The van der Waals surface area contributed by atoms with Crippen molar-refractivity contribution in [1.29, 1.82) is 0 Å². The van der Waals surface area contributed by atoms with Gasteiger partial charge in [-0.25, -0.2) is 0 Å². The van der Waals surface area contributed by atoms with Gasteiger partial charge in [0.15, 0.2) is 0 Å². The van der Waals surface area contributed by atoms with E-state index in [1.54, 1.807) is 0 Å². The quantitative estimate of drug-likeness (QED) is 0.181. The van der Waals surface area contributed by atoms with E-state index in [9.17, 15) is 0 Å². The molecule has 0 heterocycles. The monoisotopic (exact) mass is 638 g/mol. The Labute approximate surface area is 294 Å². The van der Waals surface area contributed by atoms with Crippen molar-refractivity contribution in [2.45, 2.75) is 38.5 Å². The average molecular weight is 639 g/mol. The zero-order valence-corrected chi connectivity index (χ0v) is 29.0. The van der Waals surface area contributed by atoms with Gasteiger partial charge in [0.05, 0.1) is 0 Å². The number of benzene rings is 8. The molecule has 8 aromatic rings. The third-order valence-electron chi connectivity index (χ3n) is 11.8. The zero-order chi connectivity index (χ0) is 33.8. The summed E-state index contributed by atoms with van der Waals surface area (Å²) in [6.45, 7) is 9.58. The van der Waals surface area contributed by atoms with Crippen molar-refractivity contribution in [3.05, 3.63) is 180 Å². The maximum atomic E-state index is 2.49. The summed E-state index contributed by atoms with van der Waals surface area (Å²) in [6.07, 6.45) is 0. The standard InChI is InChI=1S/C50H38/c1-49(2)43-17-11-10-16-40(43)47-44(49)24-25-45-48(47)41-23-22-36(30-46(41)50(45,3)4)42-29-38(28-35-14-8-9-15-39(35)42)34-21-19-32-18-20-33(26-37(32)27-34)31-12-6-5-7-13-31/h5-30H,1-4H3. The van der Waals surface area contributed by atoms with Gasteiger partial charge in [-0.1, -0.05) is 155 Å². The highest BCUT2D eigenvalue weighted by molar-refractivity contribution is 6.03. The predicted molar refractivity (Wildman–Crippen MR) is 213 cm³/mol. The van der Waals surface area contributed by atoms with Gasteiger partial charge in [0, 0.05) is 10.8 Å². The Balaban J connectivity index is 1.14. The van der Waals surface area contributed by atoms with Crippen molar-refractivity contribution in [1.82, 2.24) is 0 Å². The minimum Gasteiger partial charge on any atom is -0.0622 e. The molecule has 0 nitrogen and oxygen atoms in total. The fourth-order valence-corrected chi connectivity index (χ4v) is 9.14. The van der Waals surface area contributed by atoms with Crippen molar-refractivity contribution in [3.63, 3.8) is 0 Å². The summed E-state index contributed by atoms with van der Waals surface area (Å²) in [5.74, 6) is 0. The highest BCUT2D eigenvalue weighted by Crippen LogP contribution is 2.59. The lowest BCUT2D eigenvalue weighted by Crippen LogP contribution is -2.17. The van der Waals surface area contributed by atoms with E-state index in [-0.39, 0.29) is 10.8 Å². The topological polar surface area (TPSA) is 0 Å². The number of rotatable bonds is 3. The SMILES string of the molecule is CC1(C)c2ccccc2-c2c1ccc1c2-c2ccc(-c3cc(-c4ccc5ccc(-c6ccccc6)cc5c4)cc4ccccc34)cc2C1(C)C. The molecule has 0 fully saturated rings. The molecule has 2 aliphatic carbocycles. The Morgan fingerprint density at radius 2 is 0.880 bits per heavy atom. The van der Waals surface area contributed by atoms with Crippen LogP contribution in [0.15, 0.2) is 158 Å². The summed E-state index contributed by atoms with van der Waals surface area (Å²) in [6, 6.07) is 59.1.